The number of nitrogens with one attached hydrogen (secondary N) is 2. The predicted molar refractivity (Wildman–Crippen MR) is 127 cm³/mol. The highest BCUT2D eigenvalue weighted by molar-refractivity contribution is 7.90. The van der Waals surface area contributed by atoms with E-state index in [1.54, 1.807) is 30.6 Å². The smallest absolute Gasteiger partial charge is 0.262 e. The summed E-state index contributed by atoms with van der Waals surface area (Å²) in [7, 11) is -3.75. The van der Waals surface area contributed by atoms with Crippen LogP contribution in [0.2, 0.25) is 0 Å². The molecule has 11 heteroatoms. The Bertz CT molecular complexity index is 1080. The van der Waals surface area contributed by atoms with Gasteiger partial charge in [-0.15, -0.1) is 0 Å². The van der Waals surface area contributed by atoms with Gasteiger partial charge in [-0.05, 0) is 37.1 Å². The van der Waals surface area contributed by atoms with Gasteiger partial charge in [0.2, 0.25) is 11.9 Å². The Morgan fingerprint density at radius 3 is 2.58 bits per heavy atom. The van der Waals surface area contributed by atoms with Crippen molar-refractivity contribution in [3.8, 4) is 0 Å². The third-order valence-corrected chi connectivity index (χ3v) is 7.01. The third kappa shape index (κ3) is 6.48. The standard InChI is InChI=1S/C22H29N7O3S/c30-21(17-28-12-14-29(15-13-28)22-24-10-5-11-25-22)26-18-6-4-7-19(16-18)33(31,32)27-20-8-2-1-3-9-23-20/h4-7,10-11,16H,1-3,8-9,12-15,17H2,(H,23,27)(H,26,30). The van der Waals surface area contributed by atoms with Gasteiger partial charge in [0.1, 0.15) is 5.84 Å². The fourth-order valence-corrected chi connectivity index (χ4v) is 5.01. The molecule has 1 aromatic heterocycles. The molecule has 1 fully saturated rings. The highest BCUT2D eigenvalue weighted by Gasteiger charge is 2.21. The largest absolute Gasteiger partial charge is 0.338 e. The number of aromatic nitrogens is 2. The molecule has 3 heterocycles. The third-order valence-electron chi connectivity index (χ3n) is 5.63. The normalized spacial score (nSPS) is 17.7. The van der Waals surface area contributed by atoms with Gasteiger partial charge in [-0.3, -0.25) is 19.4 Å². The summed E-state index contributed by atoms with van der Waals surface area (Å²) in [5.41, 5.74) is 0.446. The predicted octanol–water partition coefficient (Wildman–Crippen LogP) is 1.49. The van der Waals surface area contributed by atoms with Crippen LogP contribution in [0.3, 0.4) is 0 Å². The maximum atomic E-state index is 12.8. The van der Waals surface area contributed by atoms with Crippen molar-refractivity contribution in [2.24, 2.45) is 4.99 Å². The van der Waals surface area contributed by atoms with Gasteiger partial charge in [0.05, 0.1) is 11.4 Å². The van der Waals surface area contributed by atoms with Crippen molar-refractivity contribution in [2.45, 2.75) is 30.6 Å². The fraction of sp³-hybridized carbons (Fsp3) is 0.455. The average molecular weight is 472 g/mol. The van der Waals surface area contributed by atoms with Gasteiger partial charge < -0.3 is 10.2 Å². The highest BCUT2D eigenvalue weighted by atomic mass is 32.2. The second-order valence-electron chi connectivity index (χ2n) is 8.13. The van der Waals surface area contributed by atoms with Gasteiger partial charge in [-0.2, -0.15) is 0 Å². The van der Waals surface area contributed by atoms with Crippen LogP contribution >= 0.6 is 0 Å². The van der Waals surface area contributed by atoms with E-state index in [4.69, 9.17) is 0 Å². The minimum atomic E-state index is -3.75. The summed E-state index contributed by atoms with van der Waals surface area (Å²) in [6, 6.07) is 8.08. The van der Waals surface area contributed by atoms with Crippen LogP contribution in [0.25, 0.3) is 0 Å². The second-order valence-corrected chi connectivity index (χ2v) is 9.81. The van der Waals surface area contributed by atoms with E-state index in [-0.39, 0.29) is 17.3 Å². The number of carbonyl (C=O) groups excluding carboxylic acids is 1. The van der Waals surface area contributed by atoms with Crippen LogP contribution in [0.4, 0.5) is 11.6 Å². The molecule has 2 aliphatic heterocycles. The molecule has 0 aliphatic carbocycles. The average Bonchev–Trinajstić information content (AvgIpc) is 3.08. The maximum Gasteiger partial charge on any atom is 0.262 e. The van der Waals surface area contributed by atoms with E-state index < -0.39 is 10.0 Å². The van der Waals surface area contributed by atoms with Crippen LogP contribution in [-0.4, -0.2) is 74.3 Å². The number of hydrogen-bond acceptors (Lipinski definition) is 8. The first kappa shape index (κ1) is 23.1. The van der Waals surface area contributed by atoms with Crippen LogP contribution in [0.15, 0.2) is 52.6 Å². The van der Waals surface area contributed by atoms with Crippen molar-refractivity contribution in [2.75, 3.05) is 49.5 Å². The molecule has 0 atom stereocenters. The molecule has 0 bridgehead atoms. The molecule has 2 aromatic rings. The Morgan fingerprint density at radius 1 is 1.00 bits per heavy atom. The van der Waals surface area contributed by atoms with E-state index in [9.17, 15) is 13.2 Å². The first-order valence-corrected chi connectivity index (χ1v) is 12.7. The second kappa shape index (κ2) is 10.7. The Balaban J connectivity index is 1.31. The zero-order valence-corrected chi connectivity index (χ0v) is 19.3. The molecule has 1 aromatic carbocycles. The van der Waals surface area contributed by atoms with Crippen LogP contribution in [0.1, 0.15) is 25.7 Å². The number of anilines is 2. The molecule has 176 valence electrons. The Morgan fingerprint density at radius 2 is 1.79 bits per heavy atom. The molecule has 1 saturated heterocycles. The summed E-state index contributed by atoms with van der Waals surface area (Å²) in [6.07, 6.45) is 7.00. The molecule has 4 rings (SSSR count). The van der Waals surface area contributed by atoms with Crippen molar-refractivity contribution >= 4 is 33.4 Å². The van der Waals surface area contributed by atoms with E-state index in [0.29, 0.717) is 43.5 Å². The van der Waals surface area contributed by atoms with Crippen LogP contribution in [0, 0.1) is 0 Å². The van der Waals surface area contributed by atoms with Crippen molar-refractivity contribution in [3.63, 3.8) is 0 Å². The molecule has 33 heavy (non-hydrogen) atoms. The molecular formula is C22H29N7O3S. The molecule has 0 saturated carbocycles. The van der Waals surface area contributed by atoms with Gasteiger partial charge in [-0.1, -0.05) is 12.5 Å². The number of sulfonamides is 1. The molecular weight excluding hydrogens is 442 g/mol. The van der Waals surface area contributed by atoms with Crippen LogP contribution in [0.5, 0.6) is 0 Å². The number of amidine groups is 1. The lowest BCUT2D eigenvalue weighted by molar-refractivity contribution is -0.117. The number of rotatable bonds is 6. The van der Waals surface area contributed by atoms with E-state index in [1.807, 2.05) is 0 Å². The van der Waals surface area contributed by atoms with E-state index >= 15 is 0 Å². The summed E-state index contributed by atoms with van der Waals surface area (Å²) in [5, 5.41) is 2.82. The van der Waals surface area contributed by atoms with Crippen LogP contribution in [-0.2, 0) is 14.8 Å². The van der Waals surface area contributed by atoms with Gasteiger partial charge in [0.15, 0.2) is 0 Å². The summed E-state index contributed by atoms with van der Waals surface area (Å²) >= 11 is 0. The maximum absolute atomic E-state index is 12.8. The summed E-state index contributed by atoms with van der Waals surface area (Å²) in [6.45, 7) is 3.77. The van der Waals surface area contributed by atoms with Gasteiger partial charge in [0, 0.05) is 57.2 Å². The number of piperazine rings is 1. The quantitative estimate of drug-likeness (QED) is 0.655. The van der Waals surface area contributed by atoms with Crippen molar-refractivity contribution in [1.82, 2.24) is 19.6 Å². The van der Waals surface area contributed by atoms with Crippen molar-refractivity contribution in [3.05, 3.63) is 42.7 Å². The molecule has 0 spiro atoms. The molecule has 10 nitrogen and oxygen atoms in total. The number of nitrogens with zero attached hydrogens (tertiary/aromatic N) is 5. The summed E-state index contributed by atoms with van der Waals surface area (Å²) in [4.78, 5) is 29.7. The Labute approximate surface area is 194 Å². The molecule has 1 amide bonds. The topological polar surface area (TPSA) is 120 Å². The number of carbonyl (C=O) groups is 1. The monoisotopic (exact) mass is 471 g/mol. The molecule has 0 unspecified atom stereocenters. The fourth-order valence-electron chi connectivity index (χ4n) is 3.88. The van der Waals surface area contributed by atoms with E-state index in [0.717, 1.165) is 32.4 Å². The lowest BCUT2D eigenvalue weighted by Gasteiger charge is -2.34. The SMILES string of the molecule is O=C(CN1CCN(c2ncccn2)CC1)Nc1cccc(S(=O)(=O)NC2=NCCCCC2)c1. The zero-order chi connectivity index (χ0) is 23.1. The highest BCUT2D eigenvalue weighted by Crippen LogP contribution is 2.17. The minimum Gasteiger partial charge on any atom is -0.338 e. The molecule has 2 N–H and O–H groups in total. The molecule has 2 aliphatic rings. The zero-order valence-electron chi connectivity index (χ0n) is 18.5. The van der Waals surface area contributed by atoms with Gasteiger partial charge in [-0.25, -0.2) is 18.4 Å². The number of aliphatic imine (C=N–C) groups is 1. The number of amides is 1. The van der Waals surface area contributed by atoms with Crippen molar-refractivity contribution < 1.29 is 13.2 Å². The number of benzene rings is 1. The minimum absolute atomic E-state index is 0.101. The first-order chi connectivity index (χ1) is 16.0. The Hall–Kier alpha value is -3.05. The lowest BCUT2D eigenvalue weighted by atomic mass is 10.2. The van der Waals surface area contributed by atoms with E-state index in [2.05, 4.69) is 34.8 Å². The number of hydrogen-bond donors (Lipinski definition) is 2. The summed E-state index contributed by atoms with van der Waals surface area (Å²) in [5.74, 6) is 1.01. The van der Waals surface area contributed by atoms with Crippen molar-refractivity contribution in [1.29, 1.82) is 0 Å². The van der Waals surface area contributed by atoms with Gasteiger partial charge in [0.25, 0.3) is 10.0 Å². The van der Waals surface area contributed by atoms with E-state index in [1.165, 1.54) is 12.1 Å². The lowest BCUT2D eigenvalue weighted by Crippen LogP contribution is -2.49. The Kier molecular flexibility index (Phi) is 7.50. The van der Waals surface area contributed by atoms with Gasteiger partial charge >= 0.3 is 0 Å². The van der Waals surface area contributed by atoms with Crippen LogP contribution < -0.4 is 14.9 Å². The summed E-state index contributed by atoms with van der Waals surface area (Å²) < 4.78 is 28.2. The first-order valence-electron chi connectivity index (χ1n) is 11.2. The molecule has 0 radical (unpaired) electrons.